The first-order chi connectivity index (χ1) is 11.6. The van der Waals surface area contributed by atoms with E-state index in [4.69, 9.17) is 9.72 Å². The monoisotopic (exact) mass is 325 g/mol. The molecule has 1 saturated carbocycles. The smallest absolute Gasteiger partial charge is 0.165 e. The van der Waals surface area contributed by atoms with E-state index in [1.54, 1.807) is 7.11 Å². The maximum absolute atomic E-state index is 12.9. The lowest BCUT2D eigenvalue weighted by atomic mass is 9.82. The molecule has 3 heteroatoms. The zero-order valence-electron chi connectivity index (χ0n) is 15.0. The van der Waals surface area contributed by atoms with Gasteiger partial charge in [-0.25, -0.2) is 0 Å². The molecular weight excluding hydrogens is 298 g/mol. The topological polar surface area (TPSA) is 39.2 Å². The number of carbonyl (C=O) groups is 1. The molecule has 0 atom stereocenters. The summed E-state index contributed by atoms with van der Waals surface area (Å²) in [6, 6.07) is 8.18. The third-order valence-electron chi connectivity index (χ3n) is 5.29. The zero-order chi connectivity index (χ0) is 17.1. The predicted molar refractivity (Wildman–Crippen MR) is 97.6 cm³/mol. The van der Waals surface area contributed by atoms with Crippen LogP contribution in [0.15, 0.2) is 24.3 Å². The van der Waals surface area contributed by atoms with E-state index in [0.717, 1.165) is 60.7 Å². The summed E-state index contributed by atoms with van der Waals surface area (Å²) in [6.07, 6.45) is 6.31. The molecule has 0 bridgehead atoms. The summed E-state index contributed by atoms with van der Waals surface area (Å²) in [4.78, 5) is 17.6. The number of rotatable bonds is 5. The maximum Gasteiger partial charge on any atom is 0.165 e. The van der Waals surface area contributed by atoms with Gasteiger partial charge in [0, 0.05) is 29.7 Å². The third-order valence-corrected chi connectivity index (χ3v) is 5.29. The Kier molecular flexibility index (Phi) is 5.30. The highest BCUT2D eigenvalue weighted by molar-refractivity contribution is 6.01. The van der Waals surface area contributed by atoms with Crippen LogP contribution in [0.1, 0.15) is 60.6 Å². The Labute approximate surface area is 144 Å². The van der Waals surface area contributed by atoms with E-state index in [2.05, 4.69) is 19.9 Å². The van der Waals surface area contributed by atoms with Gasteiger partial charge in [-0.3, -0.25) is 9.78 Å². The van der Waals surface area contributed by atoms with Gasteiger partial charge < -0.3 is 4.74 Å². The third kappa shape index (κ3) is 3.51. The van der Waals surface area contributed by atoms with Crippen LogP contribution in [0.3, 0.4) is 0 Å². The number of fused-ring (bicyclic) bond motifs is 1. The van der Waals surface area contributed by atoms with Crippen LogP contribution in [-0.2, 0) is 11.2 Å². The quantitative estimate of drug-likeness (QED) is 0.735. The van der Waals surface area contributed by atoms with E-state index in [9.17, 15) is 4.79 Å². The molecule has 0 amide bonds. The molecular formula is C21H27NO2. The van der Waals surface area contributed by atoms with Crippen LogP contribution in [0.25, 0.3) is 10.9 Å². The Bertz CT molecular complexity index is 730. The maximum atomic E-state index is 12.9. The second-order valence-electron chi connectivity index (χ2n) is 6.96. The molecule has 0 spiro atoms. The lowest BCUT2D eigenvalue weighted by Crippen LogP contribution is -2.25. The van der Waals surface area contributed by atoms with E-state index in [-0.39, 0.29) is 11.7 Å². The van der Waals surface area contributed by atoms with Crippen LogP contribution in [0.5, 0.6) is 0 Å². The normalized spacial score (nSPS) is 21.1. The van der Waals surface area contributed by atoms with Crippen LogP contribution in [-0.4, -0.2) is 24.0 Å². The molecule has 0 aliphatic heterocycles. The van der Waals surface area contributed by atoms with Crippen molar-refractivity contribution in [1.29, 1.82) is 0 Å². The molecule has 0 unspecified atom stereocenters. The summed E-state index contributed by atoms with van der Waals surface area (Å²) in [7, 11) is 1.76. The molecule has 3 nitrogen and oxygen atoms in total. The SMILES string of the molecule is CCCc1cc2cc(C(=O)C3CCC(OC)CC3)ccc2nc1C. The standard InChI is InChI=1S/C21H27NO2/c1-4-5-16-12-18-13-17(8-11-20(18)22-14(16)2)21(23)15-6-9-19(24-3)10-7-15/h8,11-13,15,19H,4-7,9-10H2,1-3H3. The van der Waals surface area contributed by atoms with Crippen molar-refractivity contribution in [3.05, 3.63) is 41.1 Å². The summed E-state index contributed by atoms with van der Waals surface area (Å²) in [6.45, 7) is 4.25. The van der Waals surface area contributed by atoms with Gasteiger partial charge in [0.05, 0.1) is 11.6 Å². The second-order valence-corrected chi connectivity index (χ2v) is 6.96. The van der Waals surface area contributed by atoms with Gasteiger partial charge in [0.25, 0.3) is 0 Å². The van der Waals surface area contributed by atoms with Gasteiger partial charge in [-0.15, -0.1) is 0 Å². The predicted octanol–water partition coefficient (Wildman–Crippen LogP) is 4.88. The largest absolute Gasteiger partial charge is 0.381 e. The first-order valence-electron chi connectivity index (χ1n) is 9.09. The van der Waals surface area contributed by atoms with Gasteiger partial charge in [-0.05, 0) is 68.9 Å². The number of aromatic nitrogens is 1. The number of carbonyl (C=O) groups excluding carboxylic acids is 1. The van der Waals surface area contributed by atoms with Crippen LogP contribution < -0.4 is 0 Å². The van der Waals surface area contributed by atoms with E-state index in [1.807, 2.05) is 18.2 Å². The van der Waals surface area contributed by atoms with Crippen molar-refractivity contribution in [1.82, 2.24) is 4.98 Å². The molecule has 1 aliphatic carbocycles. The van der Waals surface area contributed by atoms with Gasteiger partial charge in [0.1, 0.15) is 0 Å². The number of nitrogens with zero attached hydrogens (tertiary/aromatic N) is 1. The summed E-state index contributed by atoms with van der Waals surface area (Å²) >= 11 is 0. The Balaban J connectivity index is 1.84. The number of ketones is 1. The fraction of sp³-hybridized carbons (Fsp3) is 0.524. The number of benzene rings is 1. The molecule has 1 fully saturated rings. The highest BCUT2D eigenvalue weighted by Gasteiger charge is 2.27. The molecule has 128 valence electrons. The second kappa shape index (κ2) is 7.43. The zero-order valence-corrected chi connectivity index (χ0v) is 15.0. The average molecular weight is 325 g/mol. The number of ether oxygens (including phenoxy) is 1. The van der Waals surface area contributed by atoms with Crippen molar-refractivity contribution in [3.8, 4) is 0 Å². The molecule has 1 aromatic heterocycles. The van der Waals surface area contributed by atoms with E-state index < -0.39 is 0 Å². The van der Waals surface area contributed by atoms with Crippen molar-refractivity contribution in [2.75, 3.05) is 7.11 Å². The number of aryl methyl sites for hydroxylation is 2. The van der Waals surface area contributed by atoms with Crippen LogP contribution in [0, 0.1) is 12.8 Å². The lowest BCUT2D eigenvalue weighted by molar-refractivity contribution is 0.0519. The average Bonchev–Trinajstić information content (AvgIpc) is 2.61. The number of pyridine rings is 1. The molecule has 0 radical (unpaired) electrons. The number of hydrogen-bond donors (Lipinski definition) is 0. The lowest BCUT2D eigenvalue weighted by Gasteiger charge is -2.26. The molecule has 1 aliphatic rings. The van der Waals surface area contributed by atoms with Gasteiger partial charge in [0.15, 0.2) is 5.78 Å². The molecule has 2 aromatic rings. The Morgan fingerprint density at radius 3 is 2.62 bits per heavy atom. The summed E-state index contributed by atoms with van der Waals surface area (Å²) in [5.74, 6) is 0.423. The fourth-order valence-corrected chi connectivity index (χ4v) is 3.79. The van der Waals surface area contributed by atoms with Crippen molar-refractivity contribution < 1.29 is 9.53 Å². The minimum atomic E-state index is 0.141. The van der Waals surface area contributed by atoms with Crippen LogP contribution >= 0.6 is 0 Å². The highest BCUT2D eigenvalue weighted by Crippen LogP contribution is 2.29. The van der Waals surface area contributed by atoms with Crippen molar-refractivity contribution >= 4 is 16.7 Å². The number of hydrogen-bond acceptors (Lipinski definition) is 3. The van der Waals surface area contributed by atoms with Gasteiger partial charge >= 0.3 is 0 Å². The Morgan fingerprint density at radius 1 is 1.21 bits per heavy atom. The molecule has 0 N–H and O–H groups in total. The first-order valence-corrected chi connectivity index (χ1v) is 9.09. The molecule has 24 heavy (non-hydrogen) atoms. The van der Waals surface area contributed by atoms with Gasteiger partial charge in [0.2, 0.25) is 0 Å². The highest BCUT2D eigenvalue weighted by atomic mass is 16.5. The van der Waals surface area contributed by atoms with Crippen molar-refractivity contribution in [2.45, 2.75) is 58.5 Å². The molecule has 3 rings (SSSR count). The molecule has 0 saturated heterocycles. The Hall–Kier alpha value is -1.74. The van der Waals surface area contributed by atoms with Crippen molar-refractivity contribution in [3.63, 3.8) is 0 Å². The van der Waals surface area contributed by atoms with E-state index in [0.29, 0.717) is 6.10 Å². The summed E-state index contributed by atoms with van der Waals surface area (Å²) in [5, 5.41) is 1.08. The minimum Gasteiger partial charge on any atom is -0.381 e. The summed E-state index contributed by atoms with van der Waals surface area (Å²) < 4.78 is 5.41. The van der Waals surface area contributed by atoms with Crippen LogP contribution in [0.2, 0.25) is 0 Å². The van der Waals surface area contributed by atoms with Gasteiger partial charge in [-0.2, -0.15) is 0 Å². The minimum absolute atomic E-state index is 0.141. The van der Waals surface area contributed by atoms with Gasteiger partial charge in [-0.1, -0.05) is 13.3 Å². The number of Topliss-reactive ketones (excluding diaryl/α,β-unsaturated/α-hetero) is 1. The fourth-order valence-electron chi connectivity index (χ4n) is 3.79. The first kappa shape index (κ1) is 17.1. The summed E-state index contributed by atoms with van der Waals surface area (Å²) in [5.41, 5.74) is 4.19. The molecule has 1 aromatic carbocycles. The van der Waals surface area contributed by atoms with E-state index in [1.165, 1.54) is 5.56 Å². The van der Waals surface area contributed by atoms with Crippen molar-refractivity contribution in [2.24, 2.45) is 5.92 Å². The number of methoxy groups -OCH3 is 1. The van der Waals surface area contributed by atoms with Crippen LogP contribution in [0.4, 0.5) is 0 Å². The molecule has 1 heterocycles. The van der Waals surface area contributed by atoms with E-state index >= 15 is 0 Å². The Morgan fingerprint density at radius 2 is 1.96 bits per heavy atom.